The summed E-state index contributed by atoms with van der Waals surface area (Å²) in [6, 6.07) is 9.98. The molecule has 1 aromatic heterocycles. The Morgan fingerprint density at radius 3 is 2.68 bits per heavy atom. The topological polar surface area (TPSA) is 88.9 Å². The fraction of sp³-hybridized carbons (Fsp3) is 0.200. The summed E-state index contributed by atoms with van der Waals surface area (Å²) >= 11 is 13.1. The van der Waals surface area contributed by atoms with Gasteiger partial charge in [0.25, 0.3) is 5.91 Å². The second-order valence-corrected chi connectivity index (χ2v) is 8.32. The number of halogens is 3. The summed E-state index contributed by atoms with van der Waals surface area (Å²) < 4.78 is 15.5. The van der Waals surface area contributed by atoms with Crippen LogP contribution in [0.25, 0.3) is 0 Å². The molecule has 0 spiro atoms. The number of amides is 2. The highest BCUT2D eigenvalue weighted by Crippen LogP contribution is 2.26. The van der Waals surface area contributed by atoms with Crippen LogP contribution < -0.4 is 10.6 Å². The summed E-state index contributed by atoms with van der Waals surface area (Å²) in [6.07, 6.45) is 0. The molecule has 1 atom stereocenters. The SMILES string of the molecule is C[C@H](NC(=O)c1ccccc1F)c1nnc(SCC(=O)Nc2cc(Cl)ccc2Cl)n1C. The summed E-state index contributed by atoms with van der Waals surface area (Å²) in [6.45, 7) is 1.71. The number of anilines is 1. The molecule has 3 aromatic rings. The molecule has 0 aliphatic rings. The van der Waals surface area contributed by atoms with E-state index in [4.69, 9.17) is 23.2 Å². The van der Waals surface area contributed by atoms with Crippen molar-refractivity contribution in [3.05, 3.63) is 69.7 Å². The summed E-state index contributed by atoms with van der Waals surface area (Å²) in [5.41, 5.74) is 0.366. The van der Waals surface area contributed by atoms with Crippen LogP contribution in [-0.4, -0.2) is 32.3 Å². The van der Waals surface area contributed by atoms with Gasteiger partial charge in [-0.25, -0.2) is 4.39 Å². The minimum atomic E-state index is -0.604. The highest BCUT2D eigenvalue weighted by molar-refractivity contribution is 7.99. The Hall–Kier alpha value is -2.62. The molecule has 1 heterocycles. The molecule has 162 valence electrons. The number of carbonyl (C=O) groups is 2. The average molecular weight is 482 g/mol. The molecule has 0 radical (unpaired) electrons. The maximum atomic E-state index is 13.8. The molecular weight excluding hydrogens is 464 g/mol. The molecule has 2 amide bonds. The maximum Gasteiger partial charge on any atom is 0.254 e. The van der Waals surface area contributed by atoms with Crippen molar-refractivity contribution in [2.75, 3.05) is 11.1 Å². The molecule has 2 N–H and O–H groups in total. The van der Waals surface area contributed by atoms with Gasteiger partial charge in [0.2, 0.25) is 5.91 Å². The molecule has 0 saturated heterocycles. The third-order valence-corrected chi connectivity index (χ3v) is 5.84. The van der Waals surface area contributed by atoms with Crippen LogP contribution in [-0.2, 0) is 11.8 Å². The highest BCUT2D eigenvalue weighted by Gasteiger charge is 2.20. The summed E-state index contributed by atoms with van der Waals surface area (Å²) in [5.74, 6) is -0.928. The van der Waals surface area contributed by atoms with E-state index in [-0.39, 0.29) is 17.2 Å². The zero-order chi connectivity index (χ0) is 22.5. The molecule has 2 aromatic carbocycles. The van der Waals surface area contributed by atoms with Crippen molar-refractivity contribution < 1.29 is 14.0 Å². The first-order chi connectivity index (χ1) is 14.8. The Morgan fingerprint density at radius 1 is 1.19 bits per heavy atom. The third-order valence-electron chi connectivity index (χ3n) is 4.26. The first-order valence-corrected chi connectivity index (χ1v) is 10.8. The second kappa shape index (κ2) is 10.1. The molecule has 31 heavy (non-hydrogen) atoms. The number of rotatable bonds is 7. The van der Waals surface area contributed by atoms with Crippen LogP contribution in [0.1, 0.15) is 29.1 Å². The van der Waals surface area contributed by atoms with Gasteiger partial charge < -0.3 is 15.2 Å². The summed E-state index contributed by atoms with van der Waals surface area (Å²) in [4.78, 5) is 24.6. The van der Waals surface area contributed by atoms with E-state index in [1.165, 1.54) is 30.0 Å². The highest BCUT2D eigenvalue weighted by atomic mass is 35.5. The van der Waals surface area contributed by atoms with E-state index in [0.717, 1.165) is 0 Å². The predicted octanol–water partition coefficient (Wildman–Crippen LogP) is 4.48. The largest absolute Gasteiger partial charge is 0.342 e. The Morgan fingerprint density at radius 2 is 1.94 bits per heavy atom. The van der Waals surface area contributed by atoms with Crippen molar-refractivity contribution in [2.24, 2.45) is 7.05 Å². The third kappa shape index (κ3) is 5.75. The fourth-order valence-corrected chi connectivity index (χ4v) is 3.78. The smallest absolute Gasteiger partial charge is 0.254 e. The molecule has 0 bridgehead atoms. The molecule has 0 aliphatic heterocycles. The van der Waals surface area contributed by atoms with Gasteiger partial charge in [0.05, 0.1) is 28.1 Å². The molecule has 11 heteroatoms. The second-order valence-electron chi connectivity index (χ2n) is 6.54. The quantitative estimate of drug-likeness (QED) is 0.485. The van der Waals surface area contributed by atoms with Gasteiger partial charge in [-0.15, -0.1) is 10.2 Å². The van der Waals surface area contributed by atoms with Gasteiger partial charge in [0, 0.05) is 12.1 Å². The van der Waals surface area contributed by atoms with Gasteiger partial charge in [0.1, 0.15) is 5.82 Å². The minimum Gasteiger partial charge on any atom is -0.342 e. The number of benzene rings is 2. The van der Waals surface area contributed by atoms with Crippen molar-refractivity contribution in [1.29, 1.82) is 0 Å². The lowest BCUT2D eigenvalue weighted by molar-refractivity contribution is -0.113. The van der Waals surface area contributed by atoms with E-state index < -0.39 is 17.8 Å². The number of aromatic nitrogens is 3. The fourth-order valence-electron chi connectivity index (χ4n) is 2.72. The monoisotopic (exact) mass is 481 g/mol. The molecule has 3 rings (SSSR count). The molecule has 7 nitrogen and oxygen atoms in total. The first-order valence-electron chi connectivity index (χ1n) is 9.08. The zero-order valence-electron chi connectivity index (χ0n) is 16.5. The van der Waals surface area contributed by atoms with Crippen LogP contribution in [0.5, 0.6) is 0 Å². The van der Waals surface area contributed by atoms with Gasteiger partial charge in [-0.1, -0.05) is 47.1 Å². The minimum absolute atomic E-state index is 0.0533. The van der Waals surface area contributed by atoms with E-state index in [2.05, 4.69) is 20.8 Å². The average Bonchev–Trinajstić information content (AvgIpc) is 3.10. The number of thioether (sulfide) groups is 1. The number of hydrogen-bond donors (Lipinski definition) is 2. The normalized spacial score (nSPS) is 11.8. The summed E-state index contributed by atoms with van der Waals surface area (Å²) in [7, 11) is 1.72. The van der Waals surface area contributed by atoms with Crippen LogP contribution in [0.2, 0.25) is 10.0 Å². The molecule has 0 fully saturated rings. The molecular formula is C20H18Cl2FN5O2S. The van der Waals surface area contributed by atoms with Crippen molar-refractivity contribution in [1.82, 2.24) is 20.1 Å². The zero-order valence-corrected chi connectivity index (χ0v) is 18.9. The predicted molar refractivity (Wildman–Crippen MR) is 119 cm³/mol. The number of hydrogen-bond acceptors (Lipinski definition) is 5. The van der Waals surface area contributed by atoms with Crippen molar-refractivity contribution in [3.63, 3.8) is 0 Å². The lowest BCUT2D eigenvalue weighted by atomic mass is 10.2. The number of carbonyl (C=O) groups excluding carboxylic acids is 2. The Kier molecular flexibility index (Phi) is 7.53. The van der Waals surface area contributed by atoms with Gasteiger partial charge in [0.15, 0.2) is 11.0 Å². The van der Waals surface area contributed by atoms with Gasteiger partial charge in [-0.2, -0.15) is 0 Å². The van der Waals surface area contributed by atoms with Crippen LogP contribution >= 0.6 is 35.0 Å². The number of nitrogens with one attached hydrogen (secondary N) is 2. The Labute approximate surface area is 192 Å². The Balaban J connectivity index is 1.60. The van der Waals surface area contributed by atoms with E-state index in [1.807, 2.05) is 0 Å². The number of nitrogens with zero attached hydrogens (tertiary/aromatic N) is 3. The van der Waals surface area contributed by atoms with Crippen molar-refractivity contribution in [2.45, 2.75) is 18.1 Å². The van der Waals surface area contributed by atoms with Crippen LogP contribution in [0.15, 0.2) is 47.6 Å². The van der Waals surface area contributed by atoms with Gasteiger partial charge >= 0.3 is 0 Å². The van der Waals surface area contributed by atoms with E-state index in [1.54, 1.807) is 42.8 Å². The van der Waals surface area contributed by atoms with E-state index in [9.17, 15) is 14.0 Å². The van der Waals surface area contributed by atoms with Gasteiger partial charge in [-0.05, 0) is 37.3 Å². The van der Waals surface area contributed by atoms with Crippen molar-refractivity contribution in [3.8, 4) is 0 Å². The summed E-state index contributed by atoms with van der Waals surface area (Å²) in [5, 5.41) is 14.9. The lowest BCUT2D eigenvalue weighted by Crippen LogP contribution is -2.29. The van der Waals surface area contributed by atoms with Crippen LogP contribution in [0.3, 0.4) is 0 Å². The van der Waals surface area contributed by atoms with Crippen LogP contribution in [0, 0.1) is 5.82 Å². The van der Waals surface area contributed by atoms with Gasteiger partial charge in [-0.3, -0.25) is 9.59 Å². The first kappa shape index (κ1) is 23.1. The Bertz CT molecular complexity index is 1120. The molecule has 0 saturated carbocycles. The maximum absolute atomic E-state index is 13.8. The van der Waals surface area contributed by atoms with E-state index >= 15 is 0 Å². The molecule has 0 unspecified atom stereocenters. The van der Waals surface area contributed by atoms with E-state index in [0.29, 0.717) is 26.7 Å². The van der Waals surface area contributed by atoms with Crippen molar-refractivity contribution >= 4 is 52.5 Å². The van der Waals surface area contributed by atoms with Crippen LogP contribution in [0.4, 0.5) is 10.1 Å². The molecule has 0 aliphatic carbocycles. The lowest BCUT2D eigenvalue weighted by Gasteiger charge is -2.14. The standard InChI is InChI=1S/C20H18Cl2FN5O2S/c1-11(24-19(30)13-5-3-4-6-15(13)23)18-26-27-20(28(18)2)31-10-17(29)25-16-9-12(21)7-8-14(16)22/h3-9,11H,10H2,1-2H3,(H,24,30)(H,25,29)/t11-/m0/s1.